The standard InChI is InChI=1S/C26H35N3O2/c1-19-7-6-9-21-17-29(25(30)14-11-20-8-4-5-10-24(20)31-3)18-23-13-12-22(28(23)2)15-16-27-26(19)21/h4-10,22-23,27H,11-18H2,1-3H3. The minimum atomic E-state index is 0.217. The van der Waals surface area contributed by atoms with Crippen LogP contribution in [0.5, 0.6) is 5.75 Å². The maximum atomic E-state index is 13.4. The molecule has 1 N–H and O–H groups in total. The number of likely N-dealkylation sites (N-methyl/N-ethyl adjacent to an activating group) is 1. The zero-order chi connectivity index (χ0) is 21.8. The van der Waals surface area contributed by atoms with Crippen molar-refractivity contribution in [2.75, 3.05) is 32.6 Å². The van der Waals surface area contributed by atoms with E-state index in [1.165, 1.54) is 23.2 Å². The molecule has 2 heterocycles. The van der Waals surface area contributed by atoms with Crippen LogP contribution in [0, 0.1) is 6.92 Å². The topological polar surface area (TPSA) is 44.8 Å². The Balaban J connectivity index is 1.56. The second-order valence-electron chi connectivity index (χ2n) is 8.96. The first-order valence-corrected chi connectivity index (χ1v) is 11.5. The average Bonchev–Trinajstić information content (AvgIpc) is 3.10. The van der Waals surface area contributed by atoms with E-state index in [9.17, 15) is 4.79 Å². The van der Waals surface area contributed by atoms with E-state index >= 15 is 0 Å². The van der Waals surface area contributed by atoms with Gasteiger partial charge in [-0.2, -0.15) is 0 Å². The highest BCUT2D eigenvalue weighted by Crippen LogP contribution is 2.29. The van der Waals surface area contributed by atoms with Crippen molar-refractivity contribution in [3.63, 3.8) is 0 Å². The third-order valence-electron chi connectivity index (χ3n) is 7.07. The van der Waals surface area contributed by atoms with Crippen molar-refractivity contribution < 1.29 is 9.53 Å². The summed E-state index contributed by atoms with van der Waals surface area (Å²) in [6.45, 7) is 4.58. The van der Waals surface area contributed by atoms with Crippen LogP contribution in [0.1, 0.15) is 42.4 Å². The molecule has 0 spiro atoms. The zero-order valence-corrected chi connectivity index (χ0v) is 19.1. The first-order valence-electron chi connectivity index (χ1n) is 11.5. The summed E-state index contributed by atoms with van der Waals surface area (Å²) >= 11 is 0. The number of methoxy groups -OCH3 is 1. The van der Waals surface area contributed by atoms with Crippen LogP contribution in [-0.2, 0) is 17.8 Å². The summed E-state index contributed by atoms with van der Waals surface area (Å²) in [7, 11) is 3.92. The lowest BCUT2D eigenvalue weighted by molar-refractivity contribution is -0.132. The van der Waals surface area contributed by atoms with E-state index in [0.717, 1.165) is 37.2 Å². The molecule has 0 aromatic heterocycles. The molecule has 2 atom stereocenters. The Labute approximate surface area is 186 Å². The van der Waals surface area contributed by atoms with E-state index < -0.39 is 0 Å². The van der Waals surface area contributed by atoms with E-state index in [1.807, 2.05) is 18.2 Å². The zero-order valence-electron chi connectivity index (χ0n) is 19.1. The highest BCUT2D eigenvalue weighted by atomic mass is 16.5. The number of carbonyl (C=O) groups excluding carboxylic acids is 1. The van der Waals surface area contributed by atoms with Crippen LogP contribution in [0.25, 0.3) is 0 Å². The van der Waals surface area contributed by atoms with Gasteiger partial charge in [-0.3, -0.25) is 9.69 Å². The number of para-hydroxylation sites is 2. The number of benzene rings is 2. The summed E-state index contributed by atoms with van der Waals surface area (Å²) in [5.74, 6) is 1.07. The van der Waals surface area contributed by atoms with E-state index in [1.54, 1.807) is 7.11 Å². The third-order valence-corrected chi connectivity index (χ3v) is 7.07. The molecule has 2 aliphatic rings. The van der Waals surface area contributed by atoms with Crippen molar-refractivity contribution >= 4 is 11.6 Å². The number of ether oxygens (including phenoxy) is 1. The molecule has 2 aromatic rings. The molecule has 2 unspecified atom stereocenters. The molecule has 0 radical (unpaired) electrons. The number of nitrogens with zero attached hydrogens (tertiary/aromatic N) is 2. The largest absolute Gasteiger partial charge is 0.496 e. The normalized spacial score (nSPS) is 21.7. The number of fused-ring (bicyclic) bond motifs is 3. The minimum absolute atomic E-state index is 0.217. The van der Waals surface area contributed by atoms with Gasteiger partial charge in [0.05, 0.1) is 7.11 Å². The molecule has 5 nitrogen and oxygen atoms in total. The number of aryl methyl sites for hydroxylation is 2. The fraction of sp³-hybridized carbons (Fsp3) is 0.500. The molecule has 2 aromatic carbocycles. The van der Waals surface area contributed by atoms with Gasteiger partial charge in [-0.05, 0) is 62.4 Å². The molecule has 31 heavy (non-hydrogen) atoms. The van der Waals surface area contributed by atoms with Gasteiger partial charge in [0.15, 0.2) is 0 Å². The van der Waals surface area contributed by atoms with Crippen LogP contribution < -0.4 is 10.1 Å². The number of nitrogens with one attached hydrogen (secondary N) is 1. The fourth-order valence-electron chi connectivity index (χ4n) is 5.16. The summed E-state index contributed by atoms with van der Waals surface area (Å²) < 4.78 is 5.48. The van der Waals surface area contributed by atoms with E-state index in [-0.39, 0.29) is 5.91 Å². The van der Waals surface area contributed by atoms with Crippen LogP contribution in [0.15, 0.2) is 42.5 Å². The van der Waals surface area contributed by atoms with E-state index in [0.29, 0.717) is 31.5 Å². The van der Waals surface area contributed by atoms with Gasteiger partial charge in [-0.15, -0.1) is 0 Å². The Hall–Kier alpha value is -2.53. The van der Waals surface area contributed by atoms with Crippen LogP contribution in [0.2, 0.25) is 0 Å². The van der Waals surface area contributed by atoms with Crippen LogP contribution in [-0.4, -0.2) is 55.0 Å². The van der Waals surface area contributed by atoms with E-state index in [2.05, 4.69) is 53.4 Å². The van der Waals surface area contributed by atoms with Gasteiger partial charge >= 0.3 is 0 Å². The number of hydrogen-bond donors (Lipinski definition) is 1. The molecule has 4 rings (SSSR count). The molecular formula is C26H35N3O2. The first kappa shape index (κ1) is 21.7. The summed E-state index contributed by atoms with van der Waals surface area (Å²) in [5, 5.41) is 3.68. The maximum Gasteiger partial charge on any atom is 0.223 e. The molecule has 2 bridgehead atoms. The maximum absolute atomic E-state index is 13.4. The lowest BCUT2D eigenvalue weighted by Gasteiger charge is -2.31. The molecule has 2 aliphatic heterocycles. The molecule has 166 valence electrons. The SMILES string of the molecule is COc1ccccc1CCC(=O)N1Cc2cccc(C)c2NCCC2CCC(C1)N2C. The number of hydrogen-bond acceptors (Lipinski definition) is 4. The van der Waals surface area contributed by atoms with Gasteiger partial charge in [-0.1, -0.05) is 36.4 Å². The van der Waals surface area contributed by atoms with Crippen molar-refractivity contribution in [3.05, 3.63) is 59.2 Å². The lowest BCUT2D eigenvalue weighted by Crippen LogP contribution is -2.43. The second-order valence-corrected chi connectivity index (χ2v) is 8.96. The lowest BCUT2D eigenvalue weighted by atomic mass is 10.0. The van der Waals surface area contributed by atoms with Crippen LogP contribution in [0.4, 0.5) is 5.69 Å². The fourth-order valence-corrected chi connectivity index (χ4v) is 5.16. The van der Waals surface area contributed by atoms with Crippen LogP contribution in [0.3, 0.4) is 0 Å². The summed E-state index contributed by atoms with van der Waals surface area (Å²) in [6, 6.07) is 15.4. The Kier molecular flexibility index (Phi) is 6.81. The third kappa shape index (κ3) is 4.87. The number of rotatable bonds is 4. The molecule has 1 amide bonds. The van der Waals surface area contributed by atoms with E-state index in [4.69, 9.17) is 4.74 Å². The summed E-state index contributed by atoms with van der Waals surface area (Å²) in [4.78, 5) is 18.0. The molecule has 0 saturated carbocycles. The monoisotopic (exact) mass is 421 g/mol. The predicted octanol–water partition coefficient (Wildman–Crippen LogP) is 4.24. The van der Waals surface area contributed by atoms with Crippen molar-refractivity contribution in [2.24, 2.45) is 0 Å². The summed E-state index contributed by atoms with van der Waals surface area (Å²) in [5.41, 5.74) is 4.75. The van der Waals surface area contributed by atoms with Gasteiger partial charge in [0, 0.05) is 43.8 Å². The Morgan fingerprint density at radius 1 is 1.10 bits per heavy atom. The second kappa shape index (κ2) is 9.73. The molecule has 5 heteroatoms. The average molecular weight is 422 g/mol. The Morgan fingerprint density at radius 3 is 2.74 bits per heavy atom. The van der Waals surface area contributed by atoms with Gasteiger partial charge < -0.3 is 15.0 Å². The molecular weight excluding hydrogens is 386 g/mol. The van der Waals surface area contributed by atoms with Crippen molar-refractivity contribution in [2.45, 2.75) is 57.7 Å². The van der Waals surface area contributed by atoms with Crippen LogP contribution >= 0.6 is 0 Å². The Bertz CT molecular complexity index is 913. The molecule has 0 aliphatic carbocycles. The smallest absolute Gasteiger partial charge is 0.223 e. The first-order chi connectivity index (χ1) is 15.1. The van der Waals surface area contributed by atoms with Gasteiger partial charge in [0.25, 0.3) is 0 Å². The number of carbonyl (C=O) groups is 1. The molecule has 1 saturated heterocycles. The van der Waals surface area contributed by atoms with Gasteiger partial charge in [0.1, 0.15) is 5.75 Å². The van der Waals surface area contributed by atoms with Crippen molar-refractivity contribution in [3.8, 4) is 5.75 Å². The van der Waals surface area contributed by atoms with Crippen molar-refractivity contribution in [1.82, 2.24) is 9.80 Å². The highest BCUT2D eigenvalue weighted by molar-refractivity contribution is 5.77. The minimum Gasteiger partial charge on any atom is -0.496 e. The quantitative estimate of drug-likeness (QED) is 0.802. The summed E-state index contributed by atoms with van der Waals surface area (Å²) in [6.07, 6.45) is 4.71. The number of amides is 1. The van der Waals surface area contributed by atoms with Gasteiger partial charge in [-0.25, -0.2) is 0 Å². The highest BCUT2D eigenvalue weighted by Gasteiger charge is 2.33. The number of anilines is 1. The Morgan fingerprint density at radius 2 is 1.90 bits per heavy atom. The van der Waals surface area contributed by atoms with Crippen molar-refractivity contribution in [1.29, 1.82) is 0 Å². The predicted molar refractivity (Wildman–Crippen MR) is 126 cm³/mol. The van der Waals surface area contributed by atoms with Gasteiger partial charge in [0.2, 0.25) is 5.91 Å². The molecule has 1 fully saturated rings.